The third-order valence-electron chi connectivity index (χ3n) is 6.35. The van der Waals surface area contributed by atoms with Crippen molar-refractivity contribution >= 4 is 23.5 Å². The van der Waals surface area contributed by atoms with Gasteiger partial charge in [-0.3, -0.25) is 15.1 Å². The maximum absolute atomic E-state index is 10.8. The van der Waals surface area contributed by atoms with Crippen LogP contribution in [0.5, 0.6) is 5.75 Å². The van der Waals surface area contributed by atoms with Crippen LogP contribution in [0.15, 0.2) is 71.7 Å². The molecule has 0 unspecified atom stereocenters. The molecule has 9 nitrogen and oxygen atoms in total. The average molecular weight is 541 g/mol. The maximum Gasteiger partial charge on any atom is 0.269 e. The molecule has 3 aromatic carbocycles. The number of nitro groups is 1. The van der Waals surface area contributed by atoms with Gasteiger partial charge >= 0.3 is 0 Å². The summed E-state index contributed by atoms with van der Waals surface area (Å²) in [7, 11) is 0. The SMILES string of the molecule is CCOc1ccc(Cc2cc([C@@H]3O[C@H](C=NCc4ccc([N+](=O)[O-])cc4)[C@@H](O)[C@H](O)[C@H]3O)ccc2Cl)cc1. The van der Waals surface area contributed by atoms with Gasteiger partial charge in [0, 0.05) is 23.4 Å². The molecule has 0 aliphatic carbocycles. The van der Waals surface area contributed by atoms with Gasteiger partial charge in [0.15, 0.2) is 0 Å². The summed E-state index contributed by atoms with van der Waals surface area (Å²) < 4.78 is 11.5. The third-order valence-corrected chi connectivity index (χ3v) is 6.72. The van der Waals surface area contributed by atoms with Gasteiger partial charge < -0.3 is 24.8 Å². The van der Waals surface area contributed by atoms with Gasteiger partial charge in [-0.2, -0.15) is 0 Å². The Labute approximate surface area is 225 Å². The Morgan fingerprint density at radius 3 is 2.34 bits per heavy atom. The average Bonchev–Trinajstić information content (AvgIpc) is 2.91. The lowest BCUT2D eigenvalue weighted by molar-refractivity contribution is -0.384. The van der Waals surface area contributed by atoms with Crippen molar-refractivity contribution in [2.75, 3.05) is 6.61 Å². The summed E-state index contributed by atoms with van der Waals surface area (Å²) in [4.78, 5) is 14.6. The van der Waals surface area contributed by atoms with Gasteiger partial charge in [0.05, 0.1) is 18.1 Å². The molecular weight excluding hydrogens is 512 g/mol. The lowest BCUT2D eigenvalue weighted by atomic mass is 9.90. The number of nitro benzene ring substituents is 1. The van der Waals surface area contributed by atoms with Crippen LogP contribution >= 0.6 is 11.6 Å². The molecule has 4 rings (SSSR count). The molecule has 38 heavy (non-hydrogen) atoms. The number of ether oxygens (including phenoxy) is 2. The standard InChI is InChI=1S/C28H29ClN2O7/c1-2-37-22-10-5-17(6-11-22)13-20-14-19(7-12-23(20)29)28-27(34)26(33)25(32)24(38-28)16-30-15-18-3-8-21(9-4-18)31(35)36/h3-12,14,16,24-28,32-34H,2,13,15H2,1H3/t24-,25-,26+,27-,28+/m1/s1. The topological polar surface area (TPSA) is 135 Å². The van der Waals surface area contributed by atoms with Crippen LogP contribution in [0.2, 0.25) is 5.02 Å². The Balaban J connectivity index is 1.48. The first-order valence-electron chi connectivity index (χ1n) is 12.2. The van der Waals surface area contributed by atoms with Gasteiger partial charge in [-0.1, -0.05) is 48.0 Å². The predicted molar refractivity (Wildman–Crippen MR) is 143 cm³/mol. The summed E-state index contributed by atoms with van der Waals surface area (Å²) in [6.07, 6.45) is -4.23. The zero-order chi connectivity index (χ0) is 27.2. The van der Waals surface area contributed by atoms with E-state index in [2.05, 4.69) is 4.99 Å². The summed E-state index contributed by atoms with van der Waals surface area (Å²) in [6, 6.07) is 18.9. The Morgan fingerprint density at radius 1 is 1.00 bits per heavy atom. The van der Waals surface area contributed by atoms with Crippen LogP contribution in [0.4, 0.5) is 5.69 Å². The predicted octanol–water partition coefficient (Wildman–Crippen LogP) is 4.03. The van der Waals surface area contributed by atoms with Crippen LogP contribution in [0.3, 0.4) is 0 Å². The maximum atomic E-state index is 10.8. The summed E-state index contributed by atoms with van der Waals surface area (Å²) in [5, 5.41) is 43.1. The normalized spacial score (nSPS) is 23.4. The minimum Gasteiger partial charge on any atom is -0.494 e. The first-order valence-corrected chi connectivity index (χ1v) is 12.6. The molecule has 3 N–H and O–H groups in total. The van der Waals surface area contributed by atoms with E-state index in [1.807, 2.05) is 37.3 Å². The minimum absolute atomic E-state index is 0.0198. The van der Waals surface area contributed by atoms with E-state index in [0.717, 1.165) is 22.4 Å². The quantitative estimate of drug-likeness (QED) is 0.212. The van der Waals surface area contributed by atoms with Crippen molar-refractivity contribution in [3.05, 3.63) is 104 Å². The van der Waals surface area contributed by atoms with Gasteiger partial charge in [0.25, 0.3) is 5.69 Å². The van der Waals surface area contributed by atoms with Gasteiger partial charge in [0.1, 0.15) is 36.3 Å². The number of benzene rings is 3. The van der Waals surface area contributed by atoms with E-state index in [0.29, 0.717) is 23.6 Å². The number of nitrogens with zero attached hydrogens (tertiary/aromatic N) is 2. The fraction of sp³-hybridized carbons (Fsp3) is 0.321. The van der Waals surface area contributed by atoms with Crippen LogP contribution in [0, 0.1) is 10.1 Å². The van der Waals surface area contributed by atoms with Crippen molar-refractivity contribution < 1.29 is 29.7 Å². The molecule has 5 atom stereocenters. The second-order valence-corrected chi connectivity index (χ2v) is 9.42. The molecule has 0 radical (unpaired) electrons. The molecule has 0 amide bonds. The minimum atomic E-state index is -1.46. The number of non-ortho nitro benzene ring substituents is 1. The van der Waals surface area contributed by atoms with Gasteiger partial charge in [-0.25, -0.2) is 0 Å². The van der Waals surface area contributed by atoms with Crippen molar-refractivity contribution in [3.63, 3.8) is 0 Å². The van der Waals surface area contributed by atoms with E-state index in [1.54, 1.807) is 24.3 Å². The summed E-state index contributed by atoms with van der Waals surface area (Å²) in [5.41, 5.74) is 3.14. The van der Waals surface area contributed by atoms with Gasteiger partial charge in [-0.15, -0.1) is 0 Å². The lowest BCUT2D eigenvalue weighted by Crippen LogP contribution is -2.54. The number of halogens is 1. The zero-order valence-corrected chi connectivity index (χ0v) is 21.4. The van der Waals surface area contributed by atoms with E-state index in [4.69, 9.17) is 21.1 Å². The second-order valence-electron chi connectivity index (χ2n) is 9.01. The number of aliphatic imine (C=N–C) groups is 1. The van der Waals surface area contributed by atoms with E-state index in [9.17, 15) is 25.4 Å². The summed E-state index contributed by atoms with van der Waals surface area (Å²) in [6.45, 7) is 2.70. The first kappa shape index (κ1) is 27.7. The second kappa shape index (κ2) is 12.5. The molecule has 0 saturated carbocycles. The van der Waals surface area contributed by atoms with Crippen molar-refractivity contribution in [1.29, 1.82) is 0 Å². The molecule has 1 aliphatic rings. The largest absolute Gasteiger partial charge is 0.494 e. The molecular formula is C28H29ClN2O7. The highest BCUT2D eigenvalue weighted by atomic mass is 35.5. The molecule has 0 bridgehead atoms. The monoisotopic (exact) mass is 540 g/mol. The van der Waals surface area contributed by atoms with E-state index >= 15 is 0 Å². The van der Waals surface area contributed by atoms with Gasteiger partial charge in [0.2, 0.25) is 0 Å². The highest BCUT2D eigenvalue weighted by Crippen LogP contribution is 2.34. The lowest BCUT2D eigenvalue weighted by Gasteiger charge is -2.39. The smallest absolute Gasteiger partial charge is 0.269 e. The molecule has 10 heteroatoms. The molecule has 0 aromatic heterocycles. The van der Waals surface area contributed by atoms with E-state index < -0.39 is 35.4 Å². The molecule has 3 aromatic rings. The number of hydrogen-bond acceptors (Lipinski definition) is 8. The van der Waals surface area contributed by atoms with Crippen molar-refractivity contribution in [1.82, 2.24) is 0 Å². The molecule has 200 valence electrons. The fourth-order valence-electron chi connectivity index (χ4n) is 4.29. The van der Waals surface area contributed by atoms with Gasteiger partial charge in [-0.05, 0) is 53.8 Å². The van der Waals surface area contributed by atoms with Crippen LogP contribution in [-0.4, -0.2) is 57.5 Å². The third kappa shape index (κ3) is 6.56. The van der Waals surface area contributed by atoms with E-state index in [1.165, 1.54) is 18.3 Å². The number of aliphatic hydroxyl groups is 3. The zero-order valence-electron chi connectivity index (χ0n) is 20.7. The Bertz CT molecular complexity index is 1270. The van der Waals surface area contributed by atoms with Crippen molar-refractivity contribution in [3.8, 4) is 5.75 Å². The Hall–Kier alpha value is -3.34. The molecule has 1 aliphatic heterocycles. The number of rotatable bonds is 9. The Morgan fingerprint density at radius 2 is 1.68 bits per heavy atom. The summed E-state index contributed by atoms with van der Waals surface area (Å²) in [5.74, 6) is 0.781. The molecule has 0 spiro atoms. The molecule has 1 heterocycles. The Kier molecular flexibility index (Phi) is 9.09. The fourth-order valence-corrected chi connectivity index (χ4v) is 4.47. The molecule has 1 saturated heterocycles. The van der Waals surface area contributed by atoms with Crippen molar-refractivity contribution in [2.45, 2.75) is 50.4 Å². The van der Waals surface area contributed by atoms with Crippen LogP contribution in [0.1, 0.15) is 35.3 Å². The van der Waals surface area contributed by atoms with E-state index in [-0.39, 0.29) is 12.2 Å². The highest BCUT2D eigenvalue weighted by molar-refractivity contribution is 6.31. The highest BCUT2D eigenvalue weighted by Gasteiger charge is 2.43. The van der Waals surface area contributed by atoms with Crippen molar-refractivity contribution in [2.24, 2.45) is 4.99 Å². The summed E-state index contributed by atoms with van der Waals surface area (Å²) >= 11 is 6.46. The van der Waals surface area contributed by atoms with Crippen LogP contribution in [-0.2, 0) is 17.7 Å². The van der Waals surface area contributed by atoms with Crippen LogP contribution in [0.25, 0.3) is 0 Å². The van der Waals surface area contributed by atoms with Crippen LogP contribution < -0.4 is 4.74 Å². The number of aliphatic hydroxyl groups excluding tert-OH is 3. The number of hydrogen-bond donors (Lipinski definition) is 3. The molecule has 1 fully saturated rings. The first-order chi connectivity index (χ1) is 18.3.